The van der Waals surface area contributed by atoms with Crippen molar-refractivity contribution >= 4 is 17.4 Å². The van der Waals surface area contributed by atoms with Crippen molar-refractivity contribution in [2.45, 2.75) is 26.8 Å². The Hall–Kier alpha value is -3.36. The molecule has 0 radical (unpaired) electrons. The van der Waals surface area contributed by atoms with Gasteiger partial charge in [-0.15, -0.1) is 0 Å². The first kappa shape index (κ1) is 24.8. The highest BCUT2D eigenvalue weighted by atomic mass is 16.5. The van der Waals surface area contributed by atoms with Crippen molar-refractivity contribution < 1.29 is 24.2 Å². The van der Waals surface area contributed by atoms with E-state index in [2.05, 4.69) is 16.5 Å². The van der Waals surface area contributed by atoms with Crippen LogP contribution in [0, 0.1) is 20.8 Å². The third-order valence-corrected chi connectivity index (χ3v) is 6.77. The second-order valence-corrected chi connectivity index (χ2v) is 8.99. The lowest BCUT2D eigenvalue weighted by molar-refractivity contribution is -0.140. The Balaban J connectivity index is 1.78. The van der Waals surface area contributed by atoms with Gasteiger partial charge in [0.2, 0.25) is 0 Å². The zero-order chi connectivity index (χ0) is 25.1. The predicted octanol–water partition coefficient (Wildman–Crippen LogP) is 3.26. The zero-order valence-corrected chi connectivity index (χ0v) is 20.6. The van der Waals surface area contributed by atoms with Gasteiger partial charge in [-0.05, 0) is 44.0 Å². The lowest BCUT2D eigenvalue weighted by Gasteiger charge is -2.31. The smallest absolute Gasteiger partial charge is 0.295 e. The van der Waals surface area contributed by atoms with E-state index < -0.39 is 17.7 Å². The molecule has 2 aliphatic rings. The number of H-pyrrole nitrogens is 1. The molecule has 0 spiro atoms. The number of ether oxygens (including phenoxy) is 2. The monoisotopic (exact) mass is 479 g/mol. The number of nitrogens with one attached hydrogen (secondary N) is 1. The second kappa shape index (κ2) is 10.5. The van der Waals surface area contributed by atoms with Crippen LogP contribution in [-0.4, -0.2) is 77.6 Å². The third-order valence-electron chi connectivity index (χ3n) is 6.77. The Labute approximate surface area is 205 Å². The number of aryl methyl sites for hydroxylation is 2. The number of carbonyl (C=O) groups excluding carboxylic acids is 2. The molecule has 35 heavy (non-hydrogen) atoms. The summed E-state index contributed by atoms with van der Waals surface area (Å²) in [5.74, 6) is -0.834. The first-order chi connectivity index (χ1) is 16.8. The summed E-state index contributed by atoms with van der Waals surface area (Å²) in [5.41, 5.74) is 3.87. The molecule has 1 amide bonds. The largest absolute Gasteiger partial charge is 0.507 e. The lowest BCUT2D eigenvalue weighted by Crippen LogP contribution is -2.42. The Bertz CT molecular complexity index is 1160. The summed E-state index contributed by atoms with van der Waals surface area (Å²) in [7, 11) is 0. The topological polar surface area (TPSA) is 95.1 Å². The van der Waals surface area contributed by atoms with Gasteiger partial charge in [0, 0.05) is 43.1 Å². The maximum absolute atomic E-state index is 13.4. The summed E-state index contributed by atoms with van der Waals surface area (Å²) in [4.78, 5) is 33.6. The Morgan fingerprint density at radius 1 is 1.20 bits per heavy atom. The fraction of sp³-hybridized carbons (Fsp3) is 0.407. The predicted molar refractivity (Wildman–Crippen MR) is 133 cm³/mol. The number of aromatic nitrogens is 1. The fourth-order valence-electron chi connectivity index (χ4n) is 4.86. The van der Waals surface area contributed by atoms with Crippen LogP contribution in [0.2, 0.25) is 0 Å². The first-order valence-corrected chi connectivity index (χ1v) is 11.9. The van der Waals surface area contributed by atoms with Crippen LogP contribution < -0.4 is 4.74 Å². The van der Waals surface area contributed by atoms with E-state index in [-0.39, 0.29) is 11.3 Å². The number of benzene rings is 1. The molecule has 0 aliphatic carbocycles. The number of Topliss-reactive ketones (excluding diaryl/α,β-unsaturated/α-hetero) is 1. The standard InChI is InChI=1S/C27H33N3O5/c1-5-13-35-21-8-6-7-20(16-21)24-23(25(31)22-17(2)18(3)28-19(22)4)26(32)27(33)30(24)10-9-29-11-14-34-15-12-29/h5-8,16,24,28,31H,1,9-15H2,2-4H3/b25-23+. The summed E-state index contributed by atoms with van der Waals surface area (Å²) >= 11 is 0. The average molecular weight is 480 g/mol. The summed E-state index contributed by atoms with van der Waals surface area (Å²) in [6, 6.07) is 6.59. The maximum atomic E-state index is 13.4. The number of ketones is 1. The quantitative estimate of drug-likeness (QED) is 0.261. The van der Waals surface area contributed by atoms with E-state index in [1.807, 2.05) is 45.0 Å². The number of aliphatic hydroxyl groups is 1. The van der Waals surface area contributed by atoms with Crippen molar-refractivity contribution in [3.63, 3.8) is 0 Å². The minimum Gasteiger partial charge on any atom is -0.507 e. The number of aromatic amines is 1. The molecule has 3 heterocycles. The molecular formula is C27H33N3O5. The highest BCUT2D eigenvalue weighted by Crippen LogP contribution is 2.41. The molecule has 2 aliphatic heterocycles. The van der Waals surface area contributed by atoms with Gasteiger partial charge in [-0.25, -0.2) is 0 Å². The number of nitrogens with zero attached hydrogens (tertiary/aromatic N) is 2. The fourth-order valence-corrected chi connectivity index (χ4v) is 4.86. The molecule has 186 valence electrons. The molecule has 2 fully saturated rings. The van der Waals surface area contributed by atoms with Crippen LogP contribution in [0.3, 0.4) is 0 Å². The van der Waals surface area contributed by atoms with Gasteiger partial charge >= 0.3 is 0 Å². The van der Waals surface area contributed by atoms with Crippen LogP contribution in [0.1, 0.15) is 34.1 Å². The molecule has 2 saturated heterocycles. The minimum absolute atomic E-state index is 0.100. The number of amides is 1. The number of hydrogen-bond donors (Lipinski definition) is 2. The molecule has 1 aromatic carbocycles. The van der Waals surface area contributed by atoms with E-state index in [1.54, 1.807) is 11.0 Å². The summed E-state index contributed by atoms with van der Waals surface area (Å²) in [6.45, 7) is 13.5. The van der Waals surface area contributed by atoms with Crippen LogP contribution in [-0.2, 0) is 14.3 Å². The molecule has 8 heteroatoms. The number of likely N-dealkylation sites (tertiary alicyclic amines) is 1. The van der Waals surface area contributed by atoms with E-state index in [1.165, 1.54) is 0 Å². The average Bonchev–Trinajstić information content (AvgIpc) is 3.27. The number of hydrogen-bond acceptors (Lipinski definition) is 6. The first-order valence-electron chi connectivity index (χ1n) is 11.9. The van der Waals surface area contributed by atoms with Crippen LogP contribution >= 0.6 is 0 Å². The number of aliphatic hydroxyl groups excluding tert-OH is 1. The molecule has 1 unspecified atom stereocenters. The number of morpholine rings is 1. The van der Waals surface area contributed by atoms with Crippen molar-refractivity contribution in [2.24, 2.45) is 0 Å². The molecule has 0 bridgehead atoms. The van der Waals surface area contributed by atoms with Crippen molar-refractivity contribution in [1.29, 1.82) is 0 Å². The van der Waals surface area contributed by atoms with Crippen LogP contribution in [0.4, 0.5) is 0 Å². The van der Waals surface area contributed by atoms with Gasteiger partial charge in [0.15, 0.2) is 0 Å². The zero-order valence-electron chi connectivity index (χ0n) is 20.6. The van der Waals surface area contributed by atoms with Gasteiger partial charge in [0.05, 0.1) is 24.8 Å². The van der Waals surface area contributed by atoms with Crippen molar-refractivity contribution in [2.75, 3.05) is 46.0 Å². The van der Waals surface area contributed by atoms with Crippen molar-refractivity contribution in [3.05, 3.63) is 70.6 Å². The summed E-state index contributed by atoms with van der Waals surface area (Å²) < 4.78 is 11.1. The summed E-state index contributed by atoms with van der Waals surface area (Å²) in [5, 5.41) is 11.4. The molecule has 4 rings (SSSR count). The van der Waals surface area contributed by atoms with Gasteiger partial charge in [-0.2, -0.15) is 0 Å². The van der Waals surface area contributed by atoms with Crippen molar-refractivity contribution in [1.82, 2.24) is 14.8 Å². The highest BCUT2D eigenvalue weighted by molar-refractivity contribution is 6.46. The van der Waals surface area contributed by atoms with E-state index in [0.29, 0.717) is 49.8 Å². The van der Waals surface area contributed by atoms with E-state index in [0.717, 1.165) is 30.0 Å². The van der Waals surface area contributed by atoms with E-state index in [4.69, 9.17) is 9.47 Å². The Kier molecular flexibility index (Phi) is 7.42. The molecule has 8 nitrogen and oxygen atoms in total. The number of carbonyl (C=O) groups is 2. The van der Waals surface area contributed by atoms with Gasteiger partial charge in [-0.3, -0.25) is 14.5 Å². The number of rotatable bonds is 8. The van der Waals surface area contributed by atoms with Crippen LogP contribution in [0.15, 0.2) is 42.5 Å². The van der Waals surface area contributed by atoms with Gasteiger partial charge < -0.3 is 24.5 Å². The van der Waals surface area contributed by atoms with E-state index in [9.17, 15) is 14.7 Å². The van der Waals surface area contributed by atoms with Gasteiger partial charge in [0.1, 0.15) is 18.1 Å². The van der Waals surface area contributed by atoms with E-state index >= 15 is 0 Å². The molecule has 1 atom stereocenters. The molecule has 1 aromatic heterocycles. The Morgan fingerprint density at radius 2 is 1.94 bits per heavy atom. The lowest BCUT2D eigenvalue weighted by atomic mass is 9.94. The van der Waals surface area contributed by atoms with Crippen molar-refractivity contribution in [3.8, 4) is 5.75 Å². The molecular weight excluding hydrogens is 446 g/mol. The van der Waals surface area contributed by atoms with Crippen LogP contribution in [0.25, 0.3) is 5.76 Å². The Morgan fingerprint density at radius 3 is 2.60 bits per heavy atom. The second-order valence-electron chi connectivity index (χ2n) is 8.99. The third kappa shape index (κ3) is 4.90. The molecule has 2 N–H and O–H groups in total. The minimum atomic E-state index is -0.725. The van der Waals surface area contributed by atoms with Crippen LogP contribution in [0.5, 0.6) is 5.75 Å². The normalized spacial score (nSPS) is 20.4. The molecule has 2 aromatic rings. The van der Waals surface area contributed by atoms with Gasteiger partial charge in [0.25, 0.3) is 11.7 Å². The van der Waals surface area contributed by atoms with Gasteiger partial charge in [-0.1, -0.05) is 24.8 Å². The summed E-state index contributed by atoms with van der Waals surface area (Å²) in [6.07, 6.45) is 1.65. The highest BCUT2D eigenvalue weighted by Gasteiger charge is 2.46. The molecule has 0 saturated carbocycles. The maximum Gasteiger partial charge on any atom is 0.295 e. The SMILES string of the molecule is C=CCOc1cccc(C2/C(=C(\O)c3c(C)[nH]c(C)c3C)C(=O)C(=O)N2CCN2CCOCC2)c1.